The van der Waals surface area contributed by atoms with Gasteiger partial charge in [0.25, 0.3) is 0 Å². The van der Waals surface area contributed by atoms with E-state index in [-0.39, 0.29) is 23.1 Å². The van der Waals surface area contributed by atoms with Crippen LogP contribution in [0.2, 0.25) is 5.02 Å². The Bertz CT molecular complexity index is 1200. The molecule has 0 unspecified atom stereocenters. The Balaban J connectivity index is 2.17. The van der Waals surface area contributed by atoms with Crippen LogP contribution in [0.25, 0.3) is 22.4 Å². The normalized spacial score (nSPS) is 12.3. The molecular formula is C21H17Cl2FN4O2. The standard InChI is InChI=1S/C21H17Cl2FN4O2/c1-3-4-5-15(23)17(25)11-28-9-8-13-18(21(29)30-2)26-19(27-20(13)28)12-6-7-14(22)16(24)10-12/h3-10H,1,11,25H2,2H3/b5-4-,17-15+. The summed E-state index contributed by atoms with van der Waals surface area (Å²) in [6, 6.07) is 5.83. The molecule has 0 bridgehead atoms. The Labute approximate surface area is 182 Å². The zero-order valence-corrected chi connectivity index (χ0v) is 17.4. The highest BCUT2D eigenvalue weighted by molar-refractivity contribution is 6.31. The number of carbonyl (C=O) groups is 1. The van der Waals surface area contributed by atoms with E-state index < -0.39 is 11.8 Å². The number of nitrogens with two attached hydrogens (primary N) is 1. The van der Waals surface area contributed by atoms with Gasteiger partial charge in [-0.2, -0.15) is 0 Å². The maximum absolute atomic E-state index is 14.0. The van der Waals surface area contributed by atoms with Gasteiger partial charge in [-0.25, -0.2) is 19.2 Å². The zero-order valence-electron chi connectivity index (χ0n) is 15.9. The second-order valence-corrected chi connectivity index (χ2v) is 6.98. The number of halogens is 3. The van der Waals surface area contributed by atoms with Gasteiger partial charge in [-0.15, -0.1) is 0 Å². The number of fused-ring (bicyclic) bond motifs is 1. The summed E-state index contributed by atoms with van der Waals surface area (Å²) in [7, 11) is 1.25. The molecule has 0 fully saturated rings. The van der Waals surface area contributed by atoms with Crippen LogP contribution in [0.5, 0.6) is 0 Å². The van der Waals surface area contributed by atoms with Crippen LogP contribution in [0.3, 0.4) is 0 Å². The Morgan fingerprint density at radius 2 is 2.13 bits per heavy atom. The lowest BCUT2D eigenvalue weighted by molar-refractivity contribution is 0.0596. The predicted octanol–water partition coefficient (Wildman–Crippen LogP) is 4.83. The van der Waals surface area contributed by atoms with Crippen LogP contribution in [0.15, 0.2) is 66.0 Å². The van der Waals surface area contributed by atoms with E-state index >= 15 is 0 Å². The Hall–Kier alpha value is -3.16. The van der Waals surface area contributed by atoms with Gasteiger partial charge in [0, 0.05) is 17.5 Å². The first-order valence-electron chi connectivity index (χ1n) is 8.69. The van der Waals surface area contributed by atoms with Crippen LogP contribution >= 0.6 is 23.2 Å². The molecule has 0 atom stereocenters. The van der Waals surface area contributed by atoms with E-state index in [4.69, 9.17) is 33.7 Å². The Morgan fingerprint density at radius 1 is 1.37 bits per heavy atom. The van der Waals surface area contributed by atoms with Crippen molar-refractivity contribution < 1.29 is 13.9 Å². The first-order valence-corrected chi connectivity index (χ1v) is 9.45. The smallest absolute Gasteiger partial charge is 0.357 e. The second-order valence-electron chi connectivity index (χ2n) is 6.17. The highest BCUT2D eigenvalue weighted by Crippen LogP contribution is 2.26. The van der Waals surface area contributed by atoms with E-state index in [1.54, 1.807) is 41.1 Å². The molecule has 30 heavy (non-hydrogen) atoms. The Morgan fingerprint density at radius 3 is 2.80 bits per heavy atom. The van der Waals surface area contributed by atoms with Crippen LogP contribution in [-0.4, -0.2) is 27.6 Å². The maximum atomic E-state index is 14.0. The van der Waals surface area contributed by atoms with Crippen molar-refractivity contribution in [1.82, 2.24) is 14.5 Å². The lowest BCUT2D eigenvalue weighted by Crippen LogP contribution is -2.11. The number of allylic oxidation sites excluding steroid dienone is 5. The van der Waals surface area contributed by atoms with Gasteiger partial charge in [-0.05, 0) is 30.3 Å². The molecule has 0 aliphatic heterocycles. The van der Waals surface area contributed by atoms with Crippen molar-refractivity contribution in [3.05, 3.63) is 82.5 Å². The largest absolute Gasteiger partial charge is 0.464 e. The molecule has 6 nitrogen and oxygen atoms in total. The second kappa shape index (κ2) is 9.11. The molecule has 2 aromatic heterocycles. The van der Waals surface area contributed by atoms with Crippen molar-refractivity contribution in [2.45, 2.75) is 6.54 Å². The van der Waals surface area contributed by atoms with Crippen molar-refractivity contribution in [2.75, 3.05) is 7.11 Å². The van der Waals surface area contributed by atoms with E-state index in [0.29, 0.717) is 27.3 Å². The molecule has 0 saturated heterocycles. The maximum Gasteiger partial charge on any atom is 0.357 e. The number of carbonyl (C=O) groups excluding carboxylic acids is 1. The van der Waals surface area contributed by atoms with E-state index in [1.807, 2.05) is 0 Å². The SMILES string of the molecule is C=C/C=C\C(Cl)=C(/N)Cn1ccc2c(C(=O)OC)nc(-c3ccc(Cl)c(F)c3)nc21. The third kappa shape index (κ3) is 4.37. The summed E-state index contributed by atoms with van der Waals surface area (Å²) >= 11 is 11.9. The number of esters is 1. The minimum Gasteiger partial charge on any atom is -0.464 e. The minimum atomic E-state index is -0.647. The van der Waals surface area contributed by atoms with Crippen molar-refractivity contribution in [3.8, 4) is 11.4 Å². The number of methoxy groups -OCH3 is 1. The van der Waals surface area contributed by atoms with Crippen molar-refractivity contribution in [2.24, 2.45) is 5.73 Å². The molecule has 2 heterocycles. The molecular weight excluding hydrogens is 430 g/mol. The van der Waals surface area contributed by atoms with Crippen molar-refractivity contribution in [3.63, 3.8) is 0 Å². The number of hydrogen-bond donors (Lipinski definition) is 1. The number of aromatic nitrogens is 3. The van der Waals surface area contributed by atoms with E-state index in [9.17, 15) is 9.18 Å². The molecule has 0 aliphatic rings. The average Bonchev–Trinajstić information content (AvgIpc) is 3.15. The summed E-state index contributed by atoms with van der Waals surface area (Å²) < 4.78 is 20.5. The highest BCUT2D eigenvalue weighted by atomic mass is 35.5. The first-order chi connectivity index (χ1) is 14.3. The lowest BCUT2D eigenvalue weighted by Gasteiger charge is -2.09. The number of hydrogen-bond acceptors (Lipinski definition) is 5. The monoisotopic (exact) mass is 446 g/mol. The van der Waals surface area contributed by atoms with E-state index in [1.165, 1.54) is 19.2 Å². The fraction of sp³-hybridized carbons (Fsp3) is 0.0952. The summed E-state index contributed by atoms with van der Waals surface area (Å²) in [4.78, 5) is 21.1. The summed E-state index contributed by atoms with van der Waals surface area (Å²) in [6.45, 7) is 3.79. The molecule has 0 amide bonds. The lowest BCUT2D eigenvalue weighted by atomic mass is 10.2. The molecule has 2 N–H and O–H groups in total. The summed E-state index contributed by atoms with van der Waals surface area (Å²) in [5.41, 5.74) is 7.29. The molecule has 0 spiro atoms. The van der Waals surface area contributed by atoms with Crippen LogP contribution in [0.1, 0.15) is 10.5 Å². The molecule has 3 aromatic rings. The molecule has 1 aromatic carbocycles. The van der Waals surface area contributed by atoms with Crippen molar-refractivity contribution >= 4 is 40.2 Å². The summed E-state index contributed by atoms with van der Waals surface area (Å²) in [6.07, 6.45) is 6.56. The van der Waals surface area contributed by atoms with Crippen LogP contribution in [-0.2, 0) is 11.3 Å². The van der Waals surface area contributed by atoms with Gasteiger partial charge in [0.05, 0.1) is 29.1 Å². The molecule has 0 radical (unpaired) electrons. The third-order valence-electron chi connectivity index (χ3n) is 4.20. The van der Waals surface area contributed by atoms with Crippen molar-refractivity contribution in [1.29, 1.82) is 0 Å². The molecule has 0 aliphatic carbocycles. The van der Waals surface area contributed by atoms with Gasteiger partial charge in [-0.3, -0.25) is 0 Å². The number of nitrogens with zero attached hydrogens (tertiary/aromatic N) is 3. The van der Waals surface area contributed by atoms with E-state index in [0.717, 1.165) is 0 Å². The minimum absolute atomic E-state index is 0.0310. The number of benzene rings is 1. The van der Waals surface area contributed by atoms with Crippen LogP contribution in [0, 0.1) is 5.82 Å². The quantitative estimate of drug-likeness (QED) is 0.433. The van der Waals surface area contributed by atoms with Gasteiger partial charge >= 0.3 is 5.97 Å². The van der Waals surface area contributed by atoms with Gasteiger partial charge < -0.3 is 15.0 Å². The van der Waals surface area contributed by atoms with Crippen LogP contribution in [0.4, 0.5) is 4.39 Å². The number of ether oxygens (including phenoxy) is 1. The summed E-state index contributed by atoms with van der Waals surface area (Å²) in [5, 5.41) is 0.779. The third-order valence-corrected chi connectivity index (χ3v) is 4.88. The van der Waals surface area contributed by atoms with E-state index in [2.05, 4.69) is 16.5 Å². The number of rotatable bonds is 6. The van der Waals surface area contributed by atoms with Crippen LogP contribution < -0.4 is 5.73 Å². The summed E-state index contributed by atoms with van der Waals surface area (Å²) in [5.74, 6) is -1.13. The molecule has 3 rings (SSSR count). The highest BCUT2D eigenvalue weighted by Gasteiger charge is 2.19. The molecule has 154 valence electrons. The van der Waals surface area contributed by atoms with Gasteiger partial charge in [0.2, 0.25) is 0 Å². The first kappa shape index (κ1) is 21.5. The average molecular weight is 447 g/mol. The molecule has 0 saturated carbocycles. The predicted molar refractivity (Wildman–Crippen MR) is 116 cm³/mol. The molecule has 9 heteroatoms. The topological polar surface area (TPSA) is 83.0 Å². The van der Waals surface area contributed by atoms with Gasteiger partial charge in [-0.1, -0.05) is 41.9 Å². The fourth-order valence-corrected chi connectivity index (χ4v) is 2.98. The fourth-order valence-electron chi connectivity index (χ4n) is 2.73. The van der Waals surface area contributed by atoms with Gasteiger partial charge in [0.15, 0.2) is 11.5 Å². The Kier molecular flexibility index (Phi) is 6.54. The van der Waals surface area contributed by atoms with Gasteiger partial charge in [0.1, 0.15) is 11.5 Å². The zero-order chi connectivity index (χ0) is 21.8.